The zero-order chi connectivity index (χ0) is 20.3. The number of benzene rings is 2. The molecule has 1 aliphatic heterocycles. The van der Waals surface area contributed by atoms with Crippen molar-refractivity contribution in [2.45, 2.75) is 4.90 Å². The number of nitrogens with zero attached hydrogens (tertiary/aromatic N) is 1. The van der Waals surface area contributed by atoms with Crippen LogP contribution >= 0.6 is 23.4 Å². The summed E-state index contributed by atoms with van der Waals surface area (Å²) in [5, 5.41) is 9.75. The highest BCUT2D eigenvalue weighted by Crippen LogP contribution is 2.30. The molecule has 10 heteroatoms. The molecule has 2 N–H and O–H groups in total. The molecule has 0 aromatic heterocycles. The van der Waals surface area contributed by atoms with Crippen molar-refractivity contribution >= 4 is 50.7 Å². The molecule has 1 saturated heterocycles. The van der Waals surface area contributed by atoms with Crippen LogP contribution in [-0.4, -0.2) is 51.2 Å². The van der Waals surface area contributed by atoms with E-state index in [1.165, 1.54) is 31.4 Å². The van der Waals surface area contributed by atoms with Crippen LogP contribution in [0.5, 0.6) is 5.75 Å². The number of hydrogen-bond acceptors (Lipinski definition) is 6. The van der Waals surface area contributed by atoms with Crippen LogP contribution in [0.15, 0.2) is 41.3 Å². The summed E-state index contributed by atoms with van der Waals surface area (Å²) in [4.78, 5) is 13.7. The van der Waals surface area contributed by atoms with Gasteiger partial charge in [0.2, 0.25) is 0 Å². The number of carboxylic acid groups (broad SMARTS) is 1. The highest BCUT2D eigenvalue weighted by atomic mass is 35.5. The van der Waals surface area contributed by atoms with Gasteiger partial charge in [-0.2, -0.15) is 11.8 Å². The van der Waals surface area contributed by atoms with Gasteiger partial charge in [-0.15, -0.1) is 0 Å². The number of rotatable bonds is 6. The molecular weight excluding hydrogens is 424 g/mol. The average Bonchev–Trinajstić information content (AvgIpc) is 2.68. The maximum absolute atomic E-state index is 12.7. The van der Waals surface area contributed by atoms with E-state index in [0.29, 0.717) is 11.4 Å². The van der Waals surface area contributed by atoms with Gasteiger partial charge in [-0.3, -0.25) is 4.72 Å². The van der Waals surface area contributed by atoms with Crippen LogP contribution < -0.4 is 14.4 Å². The van der Waals surface area contributed by atoms with Gasteiger partial charge in [0.05, 0.1) is 28.3 Å². The third-order valence-corrected chi connectivity index (χ3v) is 6.88. The van der Waals surface area contributed by atoms with Gasteiger partial charge >= 0.3 is 5.97 Å². The Morgan fingerprint density at radius 2 is 1.93 bits per heavy atom. The molecule has 0 radical (unpaired) electrons. The maximum atomic E-state index is 12.7. The first-order valence-electron chi connectivity index (χ1n) is 8.38. The van der Waals surface area contributed by atoms with Gasteiger partial charge < -0.3 is 14.7 Å². The number of hydrogen-bond donors (Lipinski definition) is 2. The van der Waals surface area contributed by atoms with Gasteiger partial charge in [0.25, 0.3) is 10.0 Å². The third-order valence-electron chi connectivity index (χ3n) is 4.26. The van der Waals surface area contributed by atoms with Crippen LogP contribution in [-0.2, 0) is 10.0 Å². The van der Waals surface area contributed by atoms with Crippen molar-refractivity contribution in [1.29, 1.82) is 0 Å². The number of anilines is 2. The molecule has 0 unspecified atom stereocenters. The number of halogens is 1. The molecule has 0 aliphatic carbocycles. The zero-order valence-electron chi connectivity index (χ0n) is 15.0. The first kappa shape index (κ1) is 20.6. The number of aromatic carboxylic acids is 1. The quantitative estimate of drug-likeness (QED) is 0.707. The van der Waals surface area contributed by atoms with Crippen LogP contribution in [0.25, 0.3) is 0 Å². The van der Waals surface area contributed by atoms with Crippen LogP contribution in [0.1, 0.15) is 10.4 Å². The molecule has 2 aromatic rings. The summed E-state index contributed by atoms with van der Waals surface area (Å²) < 4.78 is 32.7. The predicted molar refractivity (Wildman–Crippen MR) is 112 cm³/mol. The fourth-order valence-corrected chi connectivity index (χ4v) is 5.18. The van der Waals surface area contributed by atoms with E-state index in [-0.39, 0.29) is 21.2 Å². The van der Waals surface area contributed by atoms with Gasteiger partial charge in [-0.25, -0.2) is 13.2 Å². The summed E-state index contributed by atoms with van der Waals surface area (Å²) in [6.45, 7) is 1.50. The Labute approximate surface area is 172 Å². The number of nitrogens with one attached hydrogen (secondary N) is 1. The molecule has 1 heterocycles. The van der Waals surface area contributed by atoms with Crippen LogP contribution in [0, 0.1) is 0 Å². The molecule has 0 bridgehead atoms. The van der Waals surface area contributed by atoms with Crippen molar-refractivity contribution in [3.8, 4) is 5.75 Å². The van der Waals surface area contributed by atoms with E-state index in [1.54, 1.807) is 12.1 Å². The Morgan fingerprint density at radius 1 is 1.21 bits per heavy atom. The summed E-state index contributed by atoms with van der Waals surface area (Å²) in [5.74, 6) is 1.09. The molecule has 0 spiro atoms. The molecule has 2 aromatic carbocycles. The Hall–Kier alpha value is -2.10. The maximum Gasteiger partial charge on any atom is 0.337 e. The van der Waals surface area contributed by atoms with Crippen LogP contribution in [0.3, 0.4) is 0 Å². The van der Waals surface area contributed by atoms with Gasteiger partial charge in [0, 0.05) is 30.3 Å². The largest absolute Gasteiger partial charge is 0.495 e. The fourth-order valence-electron chi connectivity index (χ4n) is 2.88. The predicted octanol–water partition coefficient (Wildman–Crippen LogP) is 3.40. The molecule has 0 saturated carbocycles. The minimum absolute atomic E-state index is 0.0488. The van der Waals surface area contributed by atoms with Crippen LogP contribution in [0.4, 0.5) is 11.4 Å². The Morgan fingerprint density at radius 3 is 2.54 bits per heavy atom. The van der Waals surface area contributed by atoms with Crippen molar-refractivity contribution < 1.29 is 23.1 Å². The lowest BCUT2D eigenvalue weighted by molar-refractivity contribution is 0.0697. The van der Waals surface area contributed by atoms with Crippen LogP contribution in [0.2, 0.25) is 5.02 Å². The summed E-state index contributed by atoms with van der Waals surface area (Å²) >= 11 is 7.83. The highest BCUT2D eigenvalue weighted by molar-refractivity contribution is 7.99. The molecule has 28 heavy (non-hydrogen) atoms. The summed E-state index contributed by atoms with van der Waals surface area (Å²) in [5.41, 5.74) is 0.808. The second-order valence-corrected chi connectivity index (χ2v) is 9.35. The monoisotopic (exact) mass is 442 g/mol. The van der Waals surface area contributed by atoms with E-state index < -0.39 is 16.0 Å². The Balaban J connectivity index is 1.90. The zero-order valence-corrected chi connectivity index (χ0v) is 17.4. The van der Waals surface area contributed by atoms with Crippen molar-refractivity contribution in [2.24, 2.45) is 0 Å². The third kappa shape index (κ3) is 4.48. The molecule has 3 rings (SSSR count). The minimum atomic E-state index is -3.94. The normalized spacial score (nSPS) is 14.6. The van der Waals surface area contributed by atoms with E-state index in [1.807, 2.05) is 16.7 Å². The molecule has 150 valence electrons. The molecule has 1 aliphatic rings. The van der Waals surface area contributed by atoms with Gasteiger partial charge in [-0.05, 0) is 36.4 Å². The average molecular weight is 443 g/mol. The second kappa shape index (κ2) is 8.50. The number of ether oxygens (including phenoxy) is 1. The fraction of sp³-hybridized carbons (Fsp3) is 0.278. The van der Waals surface area contributed by atoms with E-state index in [4.69, 9.17) is 16.3 Å². The minimum Gasteiger partial charge on any atom is -0.495 e. The smallest absolute Gasteiger partial charge is 0.337 e. The molecule has 0 amide bonds. The molecule has 0 atom stereocenters. The number of carboxylic acids is 1. The SMILES string of the molecule is COc1ccc(S(=O)(=O)Nc2ccc(N3CCSCC3)c(C(=O)O)c2)cc1Cl. The molecular formula is C18H19ClN2O5S2. The number of thioether (sulfide) groups is 1. The van der Waals surface area contributed by atoms with E-state index in [9.17, 15) is 18.3 Å². The van der Waals surface area contributed by atoms with E-state index in [2.05, 4.69) is 4.72 Å². The van der Waals surface area contributed by atoms with Crippen molar-refractivity contribution in [3.05, 3.63) is 47.0 Å². The van der Waals surface area contributed by atoms with Crippen molar-refractivity contribution in [1.82, 2.24) is 0 Å². The first-order valence-corrected chi connectivity index (χ1v) is 11.4. The molecule has 1 fully saturated rings. The Bertz CT molecular complexity index is 991. The van der Waals surface area contributed by atoms with Gasteiger partial charge in [0.1, 0.15) is 5.75 Å². The van der Waals surface area contributed by atoms with E-state index >= 15 is 0 Å². The van der Waals surface area contributed by atoms with Gasteiger partial charge in [0.15, 0.2) is 0 Å². The standard InChI is InChI=1S/C18H19ClN2O5S2/c1-26-17-5-3-13(11-15(17)19)28(24,25)20-12-2-4-16(14(10-12)18(22)23)21-6-8-27-9-7-21/h2-5,10-11,20H,6-9H2,1H3,(H,22,23). The first-order chi connectivity index (χ1) is 13.3. The van der Waals surface area contributed by atoms with Crippen molar-refractivity contribution in [2.75, 3.05) is 41.3 Å². The van der Waals surface area contributed by atoms with Crippen molar-refractivity contribution in [3.63, 3.8) is 0 Å². The van der Waals surface area contributed by atoms with E-state index in [0.717, 1.165) is 24.6 Å². The molecule has 7 nitrogen and oxygen atoms in total. The lowest BCUT2D eigenvalue weighted by Gasteiger charge is -2.29. The summed E-state index contributed by atoms with van der Waals surface area (Å²) in [6.07, 6.45) is 0. The number of sulfonamides is 1. The number of methoxy groups -OCH3 is 1. The summed E-state index contributed by atoms with van der Waals surface area (Å²) in [6, 6.07) is 8.63. The second-order valence-electron chi connectivity index (χ2n) is 6.04. The lowest BCUT2D eigenvalue weighted by Crippen LogP contribution is -2.33. The highest BCUT2D eigenvalue weighted by Gasteiger charge is 2.21. The summed E-state index contributed by atoms with van der Waals surface area (Å²) in [7, 11) is -2.51. The topological polar surface area (TPSA) is 95.9 Å². The Kier molecular flexibility index (Phi) is 6.26. The number of carbonyl (C=O) groups is 1. The van der Waals surface area contributed by atoms with Gasteiger partial charge in [-0.1, -0.05) is 11.6 Å². The lowest BCUT2D eigenvalue weighted by atomic mass is 10.1.